The fourth-order valence-corrected chi connectivity index (χ4v) is 2.14. The summed E-state index contributed by atoms with van der Waals surface area (Å²) in [7, 11) is 0. The van der Waals surface area contributed by atoms with Crippen LogP contribution in [0.15, 0.2) is 6.07 Å². The Morgan fingerprint density at radius 1 is 1.62 bits per heavy atom. The largest absolute Gasteiger partial charge is 0.477 e. The van der Waals surface area contributed by atoms with Crippen molar-refractivity contribution in [2.45, 2.75) is 32.7 Å². The maximum atomic E-state index is 10.9. The minimum absolute atomic E-state index is 0.451. The number of carboxylic acids is 1. The quantitative estimate of drug-likeness (QED) is 0.750. The van der Waals surface area contributed by atoms with Crippen LogP contribution in [-0.2, 0) is 19.4 Å². The second kappa shape index (κ2) is 2.91. The molecule has 0 saturated carbocycles. The van der Waals surface area contributed by atoms with E-state index in [0.29, 0.717) is 5.69 Å². The standard InChI is InChI=1S/C10H13NO2/c1-2-11-8-5-3-4-7(8)6-9(11)10(12)13/h6H,2-5H2,1H3,(H,12,13). The van der Waals surface area contributed by atoms with Gasteiger partial charge in [0.1, 0.15) is 5.69 Å². The van der Waals surface area contributed by atoms with Crippen LogP contribution >= 0.6 is 0 Å². The van der Waals surface area contributed by atoms with Crippen LogP contribution in [0.5, 0.6) is 0 Å². The van der Waals surface area contributed by atoms with Crippen molar-refractivity contribution in [1.82, 2.24) is 4.57 Å². The Morgan fingerprint density at radius 3 is 3.00 bits per heavy atom. The molecule has 1 heterocycles. The van der Waals surface area contributed by atoms with Gasteiger partial charge in [-0.3, -0.25) is 0 Å². The number of aromatic nitrogens is 1. The average molecular weight is 179 g/mol. The van der Waals surface area contributed by atoms with Crippen LogP contribution in [0.1, 0.15) is 35.1 Å². The molecule has 1 aliphatic rings. The van der Waals surface area contributed by atoms with E-state index in [9.17, 15) is 4.79 Å². The molecule has 1 N–H and O–H groups in total. The highest BCUT2D eigenvalue weighted by molar-refractivity contribution is 5.86. The van der Waals surface area contributed by atoms with E-state index in [2.05, 4.69) is 0 Å². The van der Waals surface area contributed by atoms with Gasteiger partial charge in [-0.2, -0.15) is 0 Å². The Labute approximate surface area is 77.0 Å². The van der Waals surface area contributed by atoms with Gasteiger partial charge < -0.3 is 9.67 Å². The summed E-state index contributed by atoms with van der Waals surface area (Å²) in [6, 6.07) is 1.83. The highest BCUT2D eigenvalue weighted by Gasteiger charge is 2.21. The van der Waals surface area contributed by atoms with E-state index < -0.39 is 5.97 Å². The van der Waals surface area contributed by atoms with Crippen LogP contribution in [0.25, 0.3) is 0 Å². The molecule has 3 nitrogen and oxygen atoms in total. The topological polar surface area (TPSA) is 42.2 Å². The van der Waals surface area contributed by atoms with Crippen LogP contribution in [0.3, 0.4) is 0 Å². The predicted octanol–water partition coefficient (Wildman–Crippen LogP) is 1.69. The van der Waals surface area contributed by atoms with Crippen molar-refractivity contribution in [3.8, 4) is 0 Å². The maximum Gasteiger partial charge on any atom is 0.352 e. The molecule has 3 heteroatoms. The summed E-state index contributed by atoms with van der Waals surface area (Å²) in [5.74, 6) is -0.809. The molecule has 0 aliphatic heterocycles. The molecule has 1 aliphatic carbocycles. The van der Waals surface area contributed by atoms with E-state index >= 15 is 0 Å². The van der Waals surface area contributed by atoms with Gasteiger partial charge in [-0.15, -0.1) is 0 Å². The minimum Gasteiger partial charge on any atom is -0.477 e. The SMILES string of the molecule is CCn1c(C(=O)O)cc2c1CCC2. The summed E-state index contributed by atoms with van der Waals surface area (Å²) in [5, 5.41) is 8.93. The number of carboxylic acid groups (broad SMARTS) is 1. The molecule has 70 valence electrons. The lowest BCUT2D eigenvalue weighted by molar-refractivity contribution is 0.0685. The zero-order valence-electron chi connectivity index (χ0n) is 7.71. The van der Waals surface area contributed by atoms with Gasteiger partial charge in [-0.1, -0.05) is 0 Å². The Bertz CT molecular complexity index is 352. The summed E-state index contributed by atoms with van der Waals surface area (Å²) < 4.78 is 1.92. The van der Waals surface area contributed by atoms with E-state index in [-0.39, 0.29) is 0 Å². The second-order valence-electron chi connectivity index (χ2n) is 3.40. The smallest absolute Gasteiger partial charge is 0.352 e. The molecule has 0 aromatic carbocycles. The first-order valence-corrected chi connectivity index (χ1v) is 4.68. The second-order valence-corrected chi connectivity index (χ2v) is 3.40. The van der Waals surface area contributed by atoms with Crippen molar-refractivity contribution >= 4 is 5.97 Å². The van der Waals surface area contributed by atoms with Crippen molar-refractivity contribution < 1.29 is 9.90 Å². The zero-order chi connectivity index (χ0) is 9.42. The lowest BCUT2D eigenvalue weighted by atomic mass is 10.2. The molecular weight excluding hydrogens is 166 g/mol. The van der Waals surface area contributed by atoms with Gasteiger partial charge in [0.05, 0.1) is 0 Å². The van der Waals surface area contributed by atoms with E-state index in [4.69, 9.17) is 5.11 Å². The number of hydrogen-bond donors (Lipinski definition) is 1. The molecule has 0 radical (unpaired) electrons. The van der Waals surface area contributed by atoms with Crippen LogP contribution in [0, 0.1) is 0 Å². The molecule has 0 bridgehead atoms. The van der Waals surface area contributed by atoms with Gasteiger partial charge in [0.25, 0.3) is 0 Å². The summed E-state index contributed by atoms with van der Waals surface area (Å²) >= 11 is 0. The monoisotopic (exact) mass is 179 g/mol. The average Bonchev–Trinajstić information content (AvgIpc) is 2.60. The lowest BCUT2D eigenvalue weighted by Gasteiger charge is -2.05. The van der Waals surface area contributed by atoms with E-state index in [1.54, 1.807) is 0 Å². The van der Waals surface area contributed by atoms with Gasteiger partial charge >= 0.3 is 5.97 Å². The third kappa shape index (κ3) is 1.15. The van der Waals surface area contributed by atoms with Gasteiger partial charge in [-0.05, 0) is 37.8 Å². The number of aryl methyl sites for hydroxylation is 1. The van der Waals surface area contributed by atoms with Crippen LogP contribution in [0.2, 0.25) is 0 Å². The maximum absolute atomic E-state index is 10.9. The number of fused-ring (bicyclic) bond motifs is 1. The number of aromatic carboxylic acids is 1. The van der Waals surface area contributed by atoms with Crippen molar-refractivity contribution in [3.63, 3.8) is 0 Å². The Morgan fingerprint density at radius 2 is 2.38 bits per heavy atom. The normalized spacial score (nSPS) is 14.5. The van der Waals surface area contributed by atoms with Gasteiger partial charge in [0, 0.05) is 12.2 Å². The van der Waals surface area contributed by atoms with E-state index in [1.807, 2.05) is 17.6 Å². The highest BCUT2D eigenvalue weighted by atomic mass is 16.4. The first-order chi connectivity index (χ1) is 6.24. The van der Waals surface area contributed by atoms with Gasteiger partial charge in [0.2, 0.25) is 0 Å². The molecule has 2 rings (SSSR count). The number of carbonyl (C=O) groups is 1. The first-order valence-electron chi connectivity index (χ1n) is 4.68. The third-order valence-electron chi connectivity index (χ3n) is 2.69. The van der Waals surface area contributed by atoms with Crippen molar-refractivity contribution in [3.05, 3.63) is 23.0 Å². The molecule has 1 aromatic rings. The third-order valence-corrected chi connectivity index (χ3v) is 2.69. The Hall–Kier alpha value is -1.25. The molecule has 0 amide bonds. The molecule has 13 heavy (non-hydrogen) atoms. The molecule has 1 aromatic heterocycles. The summed E-state index contributed by atoms with van der Waals surface area (Å²) in [6.07, 6.45) is 3.25. The van der Waals surface area contributed by atoms with Crippen molar-refractivity contribution in [1.29, 1.82) is 0 Å². The van der Waals surface area contributed by atoms with E-state index in [1.165, 1.54) is 17.7 Å². The molecule has 0 saturated heterocycles. The number of rotatable bonds is 2. The van der Waals surface area contributed by atoms with Crippen LogP contribution in [0.4, 0.5) is 0 Å². The summed E-state index contributed by atoms with van der Waals surface area (Å²) in [4.78, 5) is 10.9. The van der Waals surface area contributed by atoms with E-state index in [0.717, 1.165) is 19.4 Å². The van der Waals surface area contributed by atoms with Crippen molar-refractivity contribution in [2.24, 2.45) is 0 Å². The Balaban J connectivity index is 2.53. The van der Waals surface area contributed by atoms with Crippen molar-refractivity contribution in [2.75, 3.05) is 0 Å². The predicted molar refractivity (Wildman–Crippen MR) is 49.1 cm³/mol. The molecule has 0 fully saturated rings. The fraction of sp³-hybridized carbons (Fsp3) is 0.500. The van der Waals surface area contributed by atoms with Gasteiger partial charge in [-0.25, -0.2) is 4.79 Å². The van der Waals surface area contributed by atoms with Crippen LogP contribution in [-0.4, -0.2) is 15.6 Å². The Kier molecular flexibility index (Phi) is 1.87. The first kappa shape index (κ1) is 8.35. The molecule has 0 unspecified atom stereocenters. The molecular formula is C10H13NO2. The fourth-order valence-electron chi connectivity index (χ4n) is 2.14. The van der Waals surface area contributed by atoms with Crippen LogP contribution < -0.4 is 0 Å². The van der Waals surface area contributed by atoms with Gasteiger partial charge in [0.15, 0.2) is 0 Å². The summed E-state index contributed by atoms with van der Waals surface area (Å²) in [6.45, 7) is 2.75. The number of nitrogens with zero attached hydrogens (tertiary/aromatic N) is 1. The lowest BCUT2D eigenvalue weighted by Crippen LogP contribution is -2.09. The minimum atomic E-state index is -0.809. The highest BCUT2D eigenvalue weighted by Crippen LogP contribution is 2.25. The summed E-state index contributed by atoms with van der Waals surface area (Å²) in [5.41, 5.74) is 2.92. The zero-order valence-corrected chi connectivity index (χ0v) is 7.71. The molecule has 0 spiro atoms. The molecule has 0 atom stereocenters. The number of hydrogen-bond acceptors (Lipinski definition) is 1.